The van der Waals surface area contributed by atoms with Crippen molar-refractivity contribution in [2.24, 2.45) is 0 Å². The minimum atomic E-state index is -4.46. The van der Waals surface area contributed by atoms with Crippen LogP contribution < -0.4 is 15.4 Å². The van der Waals surface area contributed by atoms with Crippen molar-refractivity contribution in [2.75, 3.05) is 24.8 Å². The zero-order chi connectivity index (χ0) is 19.1. The summed E-state index contributed by atoms with van der Waals surface area (Å²) < 4.78 is 43.9. The van der Waals surface area contributed by atoms with Crippen molar-refractivity contribution in [1.29, 1.82) is 0 Å². The molecule has 0 aliphatic rings. The highest BCUT2D eigenvalue weighted by Crippen LogP contribution is 2.33. The van der Waals surface area contributed by atoms with Gasteiger partial charge in [0.1, 0.15) is 16.6 Å². The van der Waals surface area contributed by atoms with E-state index in [0.29, 0.717) is 26.1 Å². The summed E-state index contributed by atoms with van der Waals surface area (Å²) in [5.41, 5.74) is 5.70. The molecule has 0 aliphatic heterocycles. The summed E-state index contributed by atoms with van der Waals surface area (Å²) in [7, 11) is 3.20. The van der Waals surface area contributed by atoms with E-state index in [4.69, 9.17) is 10.5 Å². The Morgan fingerprint density at radius 2 is 2.00 bits per heavy atom. The number of nitrogens with zero attached hydrogens (tertiary/aromatic N) is 4. The van der Waals surface area contributed by atoms with E-state index in [2.05, 4.69) is 30.9 Å². The average Bonchev–Trinajstić information content (AvgIpc) is 3.04. The molecule has 0 radical (unpaired) electrons. The Hall–Kier alpha value is -2.14. The molecule has 0 aliphatic carbocycles. The fraction of sp³-hybridized carbons (Fsp3) is 0.267. The van der Waals surface area contributed by atoms with Crippen LogP contribution in [0.3, 0.4) is 0 Å². The van der Waals surface area contributed by atoms with Crippen LogP contribution in [-0.4, -0.2) is 29.1 Å². The van der Waals surface area contributed by atoms with Gasteiger partial charge in [-0.2, -0.15) is 18.2 Å². The summed E-state index contributed by atoms with van der Waals surface area (Å²) >= 11 is 4.35. The van der Waals surface area contributed by atoms with Crippen molar-refractivity contribution < 1.29 is 17.9 Å². The molecule has 2 heterocycles. The van der Waals surface area contributed by atoms with Crippen LogP contribution in [0, 0.1) is 0 Å². The molecule has 0 saturated heterocycles. The highest BCUT2D eigenvalue weighted by atomic mass is 79.9. The number of fused-ring (bicyclic) bond motifs is 1. The van der Waals surface area contributed by atoms with Gasteiger partial charge in [0.25, 0.3) is 0 Å². The van der Waals surface area contributed by atoms with Crippen LogP contribution in [0.2, 0.25) is 0 Å². The molecule has 3 rings (SSSR count). The van der Waals surface area contributed by atoms with Gasteiger partial charge in [-0.15, -0.1) is 11.3 Å². The average molecular weight is 448 g/mol. The van der Waals surface area contributed by atoms with E-state index in [9.17, 15) is 13.2 Å². The predicted molar refractivity (Wildman–Crippen MR) is 97.4 cm³/mol. The molecule has 11 heteroatoms. The number of benzene rings is 1. The SMILES string of the molecule is COc1cc(Br)c2nc(N(C)Cc3nc(C(F)(F)F)cs3)nc(N)c2c1. The molecule has 2 aromatic heterocycles. The van der Waals surface area contributed by atoms with Gasteiger partial charge < -0.3 is 15.4 Å². The number of anilines is 2. The molecule has 2 N–H and O–H groups in total. The van der Waals surface area contributed by atoms with Crippen molar-refractivity contribution >= 4 is 49.9 Å². The van der Waals surface area contributed by atoms with Gasteiger partial charge in [0.05, 0.1) is 19.2 Å². The standard InChI is InChI=1S/C15H13BrF3N5OS/c1-24(5-11-21-10(6-26-11)15(17,18)19)14-22-12-8(13(20)23-14)3-7(25-2)4-9(12)16/h3-4,6H,5H2,1-2H3,(H2,20,22,23). The fourth-order valence-electron chi connectivity index (χ4n) is 2.25. The van der Waals surface area contributed by atoms with E-state index >= 15 is 0 Å². The summed E-state index contributed by atoms with van der Waals surface area (Å²) in [4.78, 5) is 13.9. The Kier molecular flexibility index (Phi) is 4.93. The number of hydrogen-bond donors (Lipinski definition) is 1. The first kappa shape index (κ1) is 18.6. The normalized spacial score (nSPS) is 11.8. The number of hydrogen-bond acceptors (Lipinski definition) is 7. The lowest BCUT2D eigenvalue weighted by Crippen LogP contribution is -2.20. The predicted octanol–water partition coefficient (Wildman–Crippen LogP) is 4.09. The van der Waals surface area contributed by atoms with Crippen molar-refractivity contribution in [3.63, 3.8) is 0 Å². The Morgan fingerprint density at radius 1 is 1.27 bits per heavy atom. The molecule has 3 aromatic rings. The van der Waals surface area contributed by atoms with Crippen LogP contribution >= 0.6 is 27.3 Å². The maximum atomic E-state index is 12.7. The van der Waals surface area contributed by atoms with E-state index in [-0.39, 0.29) is 18.3 Å². The Balaban J connectivity index is 1.92. The monoisotopic (exact) mass is 447 g/mol. The Bertz CT molecular complexity index is 962. The van der Waals surface area contributed by atoms with E-state index in [0.717, 1.165) is 16.7 Å². The van der Waals surface area contributed by atoms with Gasteiger partial charge in [0.15, 0.2) is 5.69 Å². The Morgan fingerprint density at radius 3 is 2.62 bits per heavy atom. The van der Waals surface area contributed by atoms with Gasteiger partial charge in [0, 0.05) is 22.3 Å². The molecule has 1 aromatic carbocycles. The van der Waals surface area contributed by atoms with Gasteiger partial charge in [-0.25, -0.2) is 9.97 Å². The first-order valence-electron chi connectivity index (χ1n) is 7.22. The molecule has 0 unspecified atom stereocenters. The van der Waals surface area contributed by atoms with Gasteiger partial charge in [-0.05, 0) is 28.1 Å². The highest BCUT2D eigenvalue weighted by Gasteiger charge is 2.33. The zero-order valence-electron chi connectivity index (χ0n) is 13.6. The molecule has 0 fully saturated rings. The third-order valence-electron chi connectivity index (χ3n) is 3.54. The van der Waals surface area contributed by atoms with Crippen LogP contribution in [0.5, 0.6) is 5.75 Å². The first-order chi connectivity index (χ1) is 12.2. The molecular weight excluding hydrogens is 435 g/mol. The zero-order valence-corrected chi connectivity index (χ0v) is 16.0. The van der Waals surface area contributed by atoms with Crippen LogP contribution in [0.1, 0.15) is 10.7 Å². The molecule has 6 nitrogen and oxygen atoms in total. The van der Waals surface area contributed by atoms with E-state index in [1.165, 1.54) is 7.11 Å². The summed E-state index contributed by atoms with van der Waals surface area (Å²) in [6.45, 7) is 0.124. The number of aromatic nitrogens is 3. The molecule has 0 bridgehead atoms. The van der Waals surface area contributed by atoms with Gasteiger partial charge >= 0.3 is 6.18 Å². The third kappa shape index (κ3) is 3.68. The van der Waals surface area contributed by atoms with Crippen LogP contribution in [-0.2, 0) is 12.7 Å². The lowest BCUT2D eigenvalue weighted by atomic mass is 10.2. The maximum absolute atomic E-state index is 12.7. The van der Waals surface area contributed by atoms with E-state index in [1.807, 2.05) is 0 Å². The summed E-state index contributed by atoms with van der Waals surface area (Å²) in [5, 5.41) is 1.90. The van der Waals surface area contributed by atoms with Gasteiger partial charge in [-0.1, -0.05) is 0 Å². The third-order valence-corrected chi connectivity index (χ3v) is 4.97. The lowest BCUT2D eigenvalue weighted by Gasteiger charge is -2.17. The van der Waals surface area contributed by atoms with Gasteiger partial charge in [-0.3, -0.25) is 0 Å². The number of methoxy groups -OCH3 is 1. The topological polar surface area (TPSA) is 77.2 Å². The second-order valence-electron chi connectivity index (χ2n) is 5.39. The summed E-state index contributed by atoms with van der Waals surface area (Å²) in [6.07, 6.45) is -4.46. The van der Waals surface area contributed by atoms with E-state index < -0.39 is 11.9 Å². The fourth-order valence-corrected chi connectivity index (χ4v) is 3.63. The van der Waals surface area contributed by atoms with Crippen LogP contribution in [0.4, 0.5) is 24.9 Å². The Labute approximate surface area is 159 Å². The van der Waals surface area contributed by atoms with Crippen LogP contribution in [0.25, 0.3) is 10.9 Å². The van der Waals surface area contributed by atoms with E-state index in [1.54, 1.807) is 24.1 Å². The maximum Gasteiger partial charge on any atom is 0.434 e. The number of thiazole rings is 1. The number of nitrogen functional groups attached to an aromatic ring is 1. The largest absolute Gasteiger partial charge is 0.497 e. The first-order valence-corrected chi connectivity index (χ1v) is 8.90. The molecule has 138 valence electrons. The van der Waals surface area contributed by atoms with Gasteiger partial charge in [0.2, 0.25) is 5.95 Å². The second-order valence-corrected chi connectivity index (χ2v) is 7.19. The van der Waals surface area contributed by atoms with Crippen molar-refractivity contribution in [3.8, 4) is 5.75 Å². The molecular formula is C15H13BrF3N5OS. The number of rotatable bonds is 4. The molecule has 0 saturated carbocycles. The quantitative estimate of drug-likeness (QED) is 0.648. The molecule has 0 amide bonds. The van der Waals surface area contributed by atoms with Crippen molar-refractivity contribution in [1.82, 2.24) is 15.0 Å². The minimum Gasteiger partial charge on any atom is -0.497 e. The number of halogens is 4. The number of alkyl halides is 3. The second kappa shape index (κ2) is 6.88. The van der Waals surface area contributed by atoms with Crippen LogP contribution in [0.15, 0.2) is 22.0 Å². The molecule has 0 spiro atoms. The summed E-state index contributed by atoms with van der Waals surface area (Å²) in [6, 6.07) is 3.46. The van der Waals surface area contributed by atoms with Crippen molar-refractivity contribution in [3.05, 3.63) is 32.7 Å². The minimum absolute atomic E-state index is 0.124. The highest BCUT2D eigenvalue weighted by molar-refractivity contribution is 9.10. The molecule has 26 heavy (non-hydrogen) atoms. The number of ether oxygens (including phenoxy) is 1. The smallest absolute Gasteiger partial charge is 0.434 e. The lowest BCUT2D eigenvalue weighted by molar-refractivity contribution is -0.140. The number of nitrogens with two attached hydrogens (primary N) is 1. The summed E-state index contributed by atoms with van der Waals surface area (Å²) in [5.74, 6) is 1.12. The van der Waals surface area contributed by atoms with Crippen molar-refractivity contribution in [2.45, 2.75) is 12.7 Å². The molecule has 0 atom stereocenters.